The Morgan fingerprint density at radius 1 is 0.443 bits per heavy atom. The molecule has 0 spiro atoms. The van der Waals surface area contributed by atoms with Gasteiger partial charge in [0.05, 0.1) is 70.1 Å². The van der Waals surface area contributed by atoms with Crippen molar-refractivity contribution in [3.8, 4) is 56.6 Å². The highest BCUT2D eigenvalue weighted by Gasteiger charge is 2.30. The van der Waals surface area contributed by atoms with Crippen LogP contribution in [0.5, 0.6) is 5.75 Å². The molecule has 0 radical (unpaired) electrons. The van der Waals surface area contributed by atoms with E-state index in [0.29, 0.717) is 39.3 Å². The van der Waals surface area contributed by atoms with Gasteiger partial charge in [-0.1, -0.05) is 41.5 Å². The highest BCUT2D eigenvalue weighted by Crippen LogP contribution is 2.47. The average Bonchev–Trinajstić information content (AvgIpc) is 1.59. The number of methoxy groups -OCH3 is 1. The molecule has 24 heteroatoms. The lowest BCUT2D eigenvalue weighted by Gasteiger charge is -2.16. The van der Waals surface area contributed by atoms with E-state index in [1.165, 1.54) is 61.8 Å². The van der Waals surface area contributed by atoms with Crippen molar-refractivity contribution in [1.82, 2.24) is 59.2 Å². The number of H-pyrrole nitrogens is 3. The van der Waals surface area contributed by atoms with E-state index in [9.17, 15) is 47.3 Å². The van der Waals surface area contributed by atoms with Gasteiger partial charge in [0.2, 0.25) is 0 Å². The van der Waals surface area contributed by atoms with Gasteiger partial charge in [0.15, 0.2) is 11.5 Å². The molecule has 15 aromatic rings. The lowest BCUT2D eigenvalue weighted by atomic mass is 9.98. The van der Waals surface area contributed by atoms with Crippen molar-refractivity contribution in [2.45, 2.75) is 59.3 Å². The number of hydrogen-bond acceptors (Lipinski definition) is 10. The van der Waals surface area contributed by atoms with Gasteiger partial charge in [0, 0.05) is 89.3 Å². The first kappa shape index (κ1) is 63.4. The number of hydrogen-bond donors (Lipinski definition) is 6. The first-order valence-corrected chi connectivity index (χ1v) is 30.5. The summed E-state index contributed by atoms with van der Waals surface area (Å²) in [4.78, 5) is 47.4. The molecule has 0 fully saturated rings. The number of aromatic amines is 3. The molecule has 6 aromatic carbocycles. The third-order valence-corrected chi connectivity index (χ3v) is 16.7. The average molecular weight is 1310 g/mol. The van der Waals surface area contributed by atoms with Gasteiger partial charge in [0.1, 0.15) is 46.1 Å². The van der Waals surface area contributed by atoms with E-state index in [4.69, 9.17) is 4.74 Å². The van der Waals surface area contributed by atoms with E-state index in [1.807, 2.05) is 73.2 Å². The number of aromatic nitrogens is 12. The molecule has 0 bridgehead atoms. The fraction of sp³-hybridized carbons (Fsp3) is 0.137. The summed E-state index contributed by atoms with van der Waals surface area (Å²) >= 11 is 0. The minimum Gasteiger partial charge on any atom is -0.494 e. The number of nitrogens with one attached hydrogen (secondary N) is 3. The second kappa shape index (κ2) is 25.2. The predicted molar refractivity (Wildman–Crippen MR) is 358 cm³/mol. The molecule has 9 heterocycles. The number of carboxylic acids is 3. The van der Waals surface area contributed by atoms with Crippen LogP contribution in [-0.2, 0) is 0 Å². The quantitative estimate of drug-likeness (QED) is 0.0588. The molecule has 0 saturated heterocycles. The Labute approximate surface area is 547 Å². The van der Waals surface area contributed by atoms with Gasteiger partial charge in [-0.3, -0.25) is 20.3 Å². The van der Waals surface area contributed by atoms with Gasteiger partial charge in [-0.15, -0.1) is 0 Å². The van der Waals surface area contributed by atoms with Crippen molar-refractivity contribution >= 4 is 83.3 Å². The summed E-state index contributed by atoms with van der Waals surface area (Å²) in [5.74, 6) is -5.99. The Hall–Kier alpha value is -12.3. The smallest absolute Gasteiger partial charge is 0.357 e. The number of fused-ring (bicyclic) bond motifs is 6. The molecule has 0 saturated carbocycles. The molecular weight excluding hydrogens is 1250 g/mol. The van der Waals surface area contributed by atoms with Crippen LogP contribution in [0.1, 0.15) is 108 Å². The van der Waals surface area contributed by atoms with Crippen LogP contribution in [0.25, 0.3) is 116 Å². The van der Waals surface area contributed by atoms with Gasteiger partial charge < -0.3 is 33.8 Å². The number of rotatable bonds is 13. The van der Waals surface area contributed by atoms with Crippen LogP contribution in [0.3, 0.4) is 0 Å². The van der Waals surface area contributed by atoms with Gasteiger partial charge in [-0.25, -0.2) is 46.3 Å². The number of carbonyl (C=O) groups is 3. The number of ether oxygens (including phenoxy) is 1. The maximum atomic E-state index is 15.1. The molecule has 0 aliphatic rings. The van der Waals surface area contributed by atoms with Crippen molar-refractivity contribution in [3.63, 3.8) is 0 Å². The van der Waals surface area contributed by atoms with E-state index in [1.54, 1.807) is 55.0 Å². The molecule has 6 N–H and O–H groups in total. The van der Waals surface area contributed by atoms with E-state index in [2.05, 4.69) is 64.0 Å². The monoisotopic (exact) mass is 1310 g/mol. The SMILES string of the molecule is CC(C)c1c(-c2ccc(F)c(C(=O)O)n2)c2cc3[nH]ncc3cc2n1-c1ccc(F)cc1.CC(C)c1c(-c2nc(C(=O)O)ccc2F)c2cc3[nH]ncc3cc2n1-c1ccc(F)cc1.COc1cc(C(=O)O)cnc1-c1c(C(C)C)n(-c2ccc(F)cc2)c2cc3cn[nH]c3cc12. The van der Waals surface area contributed by atoms with Gasteiger partial charge in [0.25, 0.3) is 0 Å². The number of benzene rings is 6. The normalized spacial score (nSPS) is 11.6. The maximum absolute atomic E-state index is 15.1. The topological polar surface area (TPSA) is 261 Å². The molecule has 9 aromatic heterocycles. The summed E-state index contributed by atoms with van der Waals surface area (Å²) in [6.07, 6.45) is 6.49. The summed E-state index contributed by atoms with van der Waals surface area (Å²) < 4.78 is 81.8. The van der Waals surface area contributed by atoms with Crippen molar-refractivity contribution in [2.75, 3.05) is 7.11 Å². The summed E-state index contributed by atoms with van der Waals surface area (Å²) in [6, 6.07) is 36.6. The summed E-state index contributed by atoms with van der Waals surface area (Å²) in [6.45, 7) is 12.1. The van der Waals surface area contributed by atoms with E-state index in [0.717, 1.165) is 112 Å². The standard InChI is InChI=1S/C25H21FN4O3.2C24H18F2N4O2/c1-13(2)24-22(23-21(33-3)9-15(11-27-23)25(31)32)18-10-19-14(12-28-29-19)8-20(18)30(24)17-6-4-16(26)5-7-17;1-12(2)23-21(22-17(26)7-8-18(28-22)24(31)32)16-10-19-13(11-27-29-19)9-20(16)30(23)15-5-3-14(25)4-6-15;1-12(2)23-21(18-8-7-17(26)22(28-18)24(31)32)16-10-19-13(11-27-29-19)9-20(16)30(23)15-5-3-14(25)4-6-15/h4-13H,1-3H3,(H,28,29)(H,31,32);2*3-12H,1-2H3,(H,27,29)(H,31,32). The van der Waals surface area contributed by atoms with E-state index in [-0.39, 0.29) is 52.2 Å². The Morgan fingerprint density at radius 2 is 0.845 bits per heavy atom. The Balaban J connectivity index is 0.000000131. The van der Waals surface area contributed by atoms with Crippen molar-refractivity contribution in [2.24, 2.45) is 0 Å². The molecular formula is C73H57F5N12O7. The third kappa shape index (κ3) is 11.5. The van der Waals surface area contributed by atoms with Crippen molar-refractivity contribution in [1.29, 1.82) is 0 Å². The molecule has 97 heavy (non-hydrogen) atoms. The van der Waals surface area contributed by atoms with Gasteiger partial charge >= 0.3 is 17.9 Å². The van der Waals surface area contributed by atoms with Crippen molar-refractivity contribution < 1.29 is 56.4 Å². The first-order chi connectivity index (χ1) is 46.6. The lowest BCUT2D eigenvalue weighted by Crippen LogP contribution is -2.07. The minimum absolute atomic E-state index is 0.0148. The predicted octanol–water partition coefficient (Wildman–Crippen LogP) is 16.9. The third-order valence-electron chi connectivity index (χ3n) is 16.7. The fourth-order valence-corrected chi connectivity index (χ4v) is 12.6. The van der Waals surface area contributed by atoms with Crippen LogP contribution in [-0.4, -0.2) is 99.6 Å². The van der Waals surface area contributed by atoms with Crippen LogP contribution in [0.15, 0.2) is 164 Å². The summed E-state index contributed by atoms with van der Waals surface area (Å²) in [5, 5.41) is 54.5. The number of nitrogens with zero attached hydrogens (tertiary/aromatic N) is 9. The summed E-state index contributed by atoms with van der Waals surface area (Å²) in [5.41, 5.74) is 11.7. The van der Waals surface area contributed by atoms with Crippen LogP contribution in [0.4, 0.5) is 22.0 Å². The number of pyridine rings is 3. The molecule has 19 nitrogen and oxygen atoms in total. The molecule has 0 aliphatic heterocycles. The highest BCUT2D eigenvalue weighted by atomic mass is 19.1. The zero-order valence-electron chi connectivity index (χ0n) is 52.7. The molecule has 0 amide bonds. The summed E-state index contributed by atoms with van der Waals surface area (Å²) in [7, 11) is 1.49. The van der Waals surface area contributed by atoms with Crippen LogP contribution < -0.4 is 4.74 Å². The highest BCUT2D eigenvalue weighted by molar-refractivity contribution is 6.09. The molecule has 0 atom stereocenters. The van der Waals surface area contributed by atoms with E-state index >= 15 is 4.39 Å². The molecule has 0 aliphatic carbocycles. The largest absolute Gasteiger partial charge is 0.494 e. The zero-order chi connectivity index (χ0) is 68.4. The Morgan fingerprint density at radius 3 is 1.24 bits per heavy atom. The number of aromatic carboxylic acids is 3. The fourth-order valence-electron chi connectivity index (χ4n) is 12.6. The Bertz CT molecular complexity index is 5610. The number of halogens is 5. The van der Waals surface area contributed by atoms with Crippen LogP contribution in [0, 0.1) is 29.1 Å². The van der Waals surface area contributed by atoms with Crippen LogP contribution >= 0.6 is 0 Å². The molecule has 15 rings (SSSR count). The van der Waals surface area contributed by atoms with Crippen molar-refractivity contribution in [3.05, 3.63) is 227 Å². The van der Waals surface area contributed by atoms with Gasteiger partial charge in [-0.05, 0) is 157 Å². The first-order valence-electron chi connectivity index (χ1n) is 30.5. The van der Waals surface area contributed by atoms with Gasteiger partial charge in [-0.2, -0.15) is 15.3 Å². The molecule has 0 unspecified atom stereocenters. The maximum Gasteiger partial charge on any atom is 0.357 e. The van der Waals surface area contributed by atoms with E-state index < -0.39 is 35.2 Å². The lowest BCUT2D eigenvalue weighted by molar-refractivity contribution is 0.0676. The Kier molecular flexibility index (Phi) is 16.5. The minimum atomic E-state index is -1.44. The zero-order valence-corrected chi connectivity index (χ0v) is 52.7. The van der Waals surface area contributed by atoms with Crippen LogP contribution in [0.2, 0.25) is 0 Å². The second-order valence-electron chi connectivity index (χ2n) is 23.9. The second-order valence-corrected chi connectivity index (χ2v) is 23.9. The molecule has 486 valence electrons. The number of carboxylic acid groups (broad SMARTS) is 3.